The number of ether oxygens (including phenoxy) is 2. The molecule has 0 saturated carbocycles. The molecule has 0 radical (unpaired) electrons. The third-order valence-corrected chi connectivity index (χ3v) is 5.73. The Morgan fingerprint density at radius 3 is 3.08 bits per heavy atom. The minimum absolute atomic E-state index is 0.232. The summed E-state index contributed by atoms with van der Waals surface area (Å²) in [5.74, 6) is 0. The highest BCUT2D eigenvalue weighted by atomic mass is 32.1. The standard InChI is InChI=1S/C19H24N2O2S/c1-2-8-20-16(3-1)12-22-13-17-4-5-18-19(23-17)6-9-21(18)11-15-7-10-24-14-15/h1-3,7-8,10,14,17-19H,4-6,9,11-13H2/t17-,18+,19+/m0/s1. The Hall–Kier alpha value is -1.27. The Bertz CT molecular complexity index is 620. The third-order valence-electron chi connectivity index (χ3n) is 5.00. The largest absolute Gasteiger partial charge is 0.372 e. The lowest BCUT2D eigenvalue weighted by atomic mass is 9.99. The van der Waals surface area contributed by atoms with Gasteiger partial charge >= 0.3 is 0 Å². The number of likely N-dealkylation sites (tertiary alicyclic amines) is 1. The minimum Gasteiger partial charge on any atom is -0.372 e. The zero-order valence-corrected chi connectivity index (χ0v) is 14.7. The van der Waals surface area contributed by atoms with Gasteiger partial charge in [-0.3, -0.25) is 9.88 Å². The molecule has 0 aromatic carbocycles. The number of fused-ring (bicyclic) bond motifs is 1. The molecule has 0 N–H and O–H groups in total. The van der Waals surface area contributed by atoms with E-state index in [4.69, 9.17) is 9.47 Å². The highest BCUT2D eigenvalue weighted by Gasteiger charge is 2.39. The van der Waals surface area contributed by atoms with Crippen LogP contribution in [-0.2, 0) is 22.6 Å². The van der Waals surface area contributed by atoms with Crippen LogP contribution in [0.15, 0.2) is 41.2 Å². The highest BCUT2D eigenvalue weighted by molar-refractivity contribution is 7.07. The van der Waals surface area contributed by atoms with Crippen LogP contribution in [0.5, 0.6) is 0 Å². The van der Waals surface area contributed by atoms with Crippen molar-refractivity contribution >= 4 is 11.3 Å². The molecule has 2 aromatic heterocycles. The summed E-state index contributed by atoms with van der Waals surface area (Å²) in [6, 6.07) is 8.73. The number of aromatic nitrogens is 1. The van der Waals surface area contributed by atoms with E-state index in [9.17, 15) is 0 Å². The topological polar surface area (TPSA) is 34.6 Å². The average molecular weight is 344 g/mol. The van der Waals surface area contributed by atoms with Gasteiger partial charge < -0.3 is 9.47 Å². The monoisotopic (exact) mass is 344 g/mol. The molecule has 128 valence electrons. The van der Waals surface area contributed by atoms with E-state index in [2.05, 4.69) is 26.7 Å². The second kappa shape index (κ2) is 7.74. The predicted octanol–water partition coefficient (Wildman–Crippen LogP) is 3.48. The molecule has 4 rings (SSSR count). The van der Waals surface area contributed by atoms with Crippen LogP contribution in [0.3, 0.4) is 0 Å². The van der Waals surface area contributed by atoms with E-state index in [0.717, 1.165) is 31.6 Å². The van der Waals surface area contributed by atoms with Gasteiger partial charge in [-0.05, 0) is 53.8 Å². The van der Waals surface area contributed by atoms with Gasteiger partial charge in [0.2, 0.25) is 0 Å². The van der Waals surface area contributed by atoms with Crippen molar-refractivity contribution in [2.45, 2.75) is 50.7 Å². The first-order valence-corrected chi connectivity index (χ1v) is 9.71. The number of hydrogen-bond donors (Lipinski definition) is 0. The number of pyridine rings is 1. The van der Waals surface area contributed by atoms with Crippen molar-refractivity contribution in [3.63, 3.8) is 0 Å². The van der Waals surface area contributed by atoms with Crippen molar-refractivity contribution in [1.29, 1.82) is 0 Å². The Balaban J connectivity index is 1.23. The maximum atomic E-state index is 6.31. The van der Waals surface area contributed by atoms with Crippen LogP contribution in [0.2, 0.25) is 0 Å². The van der Waals surface area contributed by atoms with Crippen LogP contribution in [0.1, 0.15) is 30.5 Å². The first-order chi connectivity index (χ1) is 11.9. The molecular formula is C19H24N2O2S. The molecule has 0 amide bonds. The van der Waals surface area contributed by atoms with Crippen LogP contribution in [0, 0.1) is 0 Å². The normalized spacial score (nSPS) is 27.2. The Morgan fingerprint density at radius 1 is 1.25 bits per heavy atom. The molecule has 2 aliphatic rings. The smallest absolute Gasteiger partial charge is 0.0889 e. The second-order valence-corrected chi connectivity index (χ2v) is 7.45. The van der Waals surface area contributed by atoms with Crippen LogP contribution in [-0.4, -0.2) is 41.3 Å². The van der Waals surface area contributed by atoms with Crippen molar-refractivity contribution in [2.75, 3.05) is 13.2 Å². The summed E-state index contributed by atoms with van der Waals surface area (Å²) in [5, 5.41) is 4.42. The average Bonchev–Trinajstić information content (AvgIpc) is 3.26. The van der Waals surface area contributed by atoms with Crippen molar-refractivity contribution in [3.05, 3.63) is 52.5 Å². The lowest BCUT2D eigenvalue weighted by Gasteiger charge is -2.36. The first kappa shape index (κ1) is 16.2. The second-order valence-electron chi connectivity index (χ2n) is 6.67. The lowest BCUT2D eigenvalue weighted by Crippen LogP contribution is -2.43. The fourth-order valence-electron chi connectivity index (χ4n) is 3.80. The first-order valence-electron chi connectivity index (χ1n) is 8.77. The van der Waals surface area contributed by atoms with Gasteiger partial charge in [0.15, 0.2) is 0 Å². The summed E-state index contributed by atoms with van der Waals surface area (Å²) in [6.45, 7) is 3.45. The molecule has 5 heteroatoms. The van der Waals surface area contributed by atoms with Crippen molar-refractivity contribution in [3.8, 4) is 0 Å². The van der Waals surface area contributed by atoms with E-state index in [1.165, 1.54) is 12.0 Å². The number of thiophene rings is 1. The van der Waals surface area contributed by atoms with Gasteiger partial charge in [-0.1, -0.05) is 6.07 Å². The molecule has 4 nitrogen and oxygen atoms in total. The van der Waals surface area contributed by atoms with E-state index < -0.39 is 0 Å². The fourth-order valence-corrected chi connectivity index (χ4v) is 4.46. The van der Waals surface area contributed by atoms with Gasteiger partial charge in [0, 0.05) is 25.3 Å². The van der Waals surface area contributed by atoms with E-state index in [1.54, 1.807) is 17.5 Å². The molecule has 4 heterocycles. The fraction of sp³-hybridized carbons (Fsp3) is 0.526. The van der Waals surface area contributed by atoms with E-state index in [0.29, 0.717) is 25.4 Å². The summed E-state index contributed by atoms with van der Waals surface area (Å²) in [6.07, 6.45) is 5.86. The van der Waals surface area contributed by atoms with Crippen molar-refractivity contribution in [1.82, 2.24) is 9.88 Å². The van der Waals surface area contributed by atoms with Crippen LogP contribution >= 0.6 is 11.3 Å². The zero-order chi connectivity index (χ0) is 16.2. The molecule has 0 unspecified atom stereocenters. The van der Waals surface area contributed by atoms with Crippen molar-refractivity contribution in [2.24, 2.45) is 0 Å². The molecule has 0 spiro atoms. The van der Waals surface area contributed by atoms with Gasteiger partial charge in [0.25, 0.3) is 0 Å². The molecule has 2 aliphatic heterocycles. The predicted molar refractivity (Wildman–Crippen MR) is 94.9 cm³/mol. The molecule has 0 aliphatic carbocycles. The van der Waals surface area contributed by atoms with Crippen molar-refractivity contribution < 1.29 is 9.47 Å². The zero-order valence-electron chi connectivity index (χ0n) is 13.8. The van der Waals surface area contributed by atoms with Gasteiger partial charge in [-0.15, -0.1) is 0 Å². The van der Waals surface area contributed by atoms with Gasteiger partial charge in [-0.25, -0.2) is 0 Å². The van der Waals surface area contributed by atoms with E-state index in [1.807, 2.05) is 18.2 Å². The summed E-state index contributed by atoms with van der Waals surface area (Å²) >= 11 is 1.78. The number of hydrogen-bond acceptors (Lipinski definition) is 5. The van der Waals surface area contributed by atoms with Crippen LogP contribution < -0.4 is 0 Å². The van der Waals surface area contributed by atoms with Crippen LogP contribution in [0.4, 0.5) is 0 Å². The number of nitrogens with zero attached hydrogens (tertiary/aromatic N) is 2. The minimum atomic E-state index is 0.232. The maximum Gasteiger partial charge on any atom is 0.0889 e. The molecule has 2 fully saturated rings. The highest BCUT2D eigenvalue weighted by Crippen LogP contribution is 2.32. The third kappa shape index (κ3) is 3.86. The molecule has 24 heavy (non-hydrogen) atoms. The molecule has 2 aromatic rings. The van der Waals surface area contributed by atoms with Gasteiger partial charge in [-0.2, -0.15) is 11.3 Å². The van der Waals surface area contributed by atoms with E-state index >= 15 is 0 Å². The van der Waals surface area contributed by atoms with Gasteiger partial charge in [0.05, 0.1) is 31.1 Å². The quantitative estimate of drug-likeness (QED) is 0.803. The molecule has 3 atom stereocenters. The Morgan fingerprint density at radius 2 is 2.25 bits per heavy atom. The molecule has 0 bridgehead atoms. The Labute approximate surface area is 147 Å². The van der Waals surface area contributed by atoms with Gasteiger partial charge in [0.1, 0.15) is 0 Å². The molecule has 2 saturated heterocycles. The SMILES string of the molecule is c1ccc(COC[C@@H]2CC[C@@H]3[C@@H](CCN3Cc3ccsc3)O2)nc1. The summed E-state index contributed by atoms with van der Waals surface area (Å²) < 4.78 is 12.1. The number of rotatable bonds is 6. The van der Waals surface area contributed by atoms with Crippen LogP contribution in [0.25, 0.3) is 0 Å². The maximum absolute atomic E-state index is 6.31. The summed E-state index contributed by atoms with van der Waals surface area (Å²) in [4.78, 5) is 6.88. The molecular weight excluding hydrogens is 320 g/mol. The Kier molecular flexibility index (Phi) is 5.23. The van der Waals surface area contributed by atoms with E-state index in [-0.39, 0.29) is 6.10 Å². The summed E-state index contributed by atoms with van der Waals surface area (Å²) in [7, 11) is 0. The summed E-state index contributed by atoms with van der Waals surface area (Å²) in [5.41, 5.74) is 2.41. The lowest BCUT2D eigenvalue weighted by molar-refractivity contribution is -0.102.